The van der Waals surface area contributed by atoms with Gasteiger partial charge in [0.05, 0.1) is 11.0 Å². The van der Waals surface area contributed by atoms with Crippen molar-refractivity contribution in [2.45, 2.75) is 45.8 Å². The molecule has 23 heavy (non-hydrogen) atoms. The number of nitro benzene ring substituents is 1. The first-order chi connectivity index (χ1) is 10.9. The van der Waals surface area contributed by atoms with Crippen molar-refractivity contribution in [2.75, 3.05) is 18.0 Å². The third kappa shape index (κ3) is 4.58. The Morgan fingerprint density at radius 2 is 2.00 bits per heavy atom. The predicted molar refractivity (Wildman–Crippen MR) is 85.9 cm³/mol. The average molecular weight is 322 g/mol. The van der Waals surface area contributed by atoms with Gasteiger partial charge in [0, 0.05) is 50.7 Å². The first kappa shape index (κ1) is 17.1. The predicted octanol–water partition coefficient (Wildman–Crippen LogP) is 2.91. The maximum Gasteiger partial charge on any atom is 0.311 e. The summed E-state index contributed by atoms with van der Waals surface area (Å²) < 4.78 is 10.8. The summed E-state index contributed by atoms with van der Waals surface area (Å²) in [7, 11) is 0. The van der Waals surface area contributed by atoms with Crippen LogP contribution in [-0.2, 0) is 9.53 Å². The lowest BCUT2D eigenvalue weighted by Crippen LogP contribution is -2.37. The minimum atomic E-state index is -0.436. The molecule has 1 aliphatic rings. The van der Waals surface area contributed by atoms with E-state index < -0.39 is 4.92 Å². The topological polar surface area (TPSA) is 81.9 Å². The Labute approximate surface area is 135 Å². The second-order valence-corrected chi connectivity index (χ2v) is 5.87. The Hall–Kier alpha value is -2.31. The minimum Gasteiger partial charge on any atom is -0.484 e. The molecule has 1 aromatic carbocycles. The second kappa shape index (κ2) is 7.30. The quantitative estimate of drug-likeness (QED) is 0.471. The Balaban J connectivity index is 2.11. The highest BCUT2D eigenvalue weighted by molar-refractivity contribution is 5.66. The van der Waals surface area contributed by atoms with Crippen molar-refractivity contribution >= 4 is 17.3 Å². The smallest absolute Gasteiger partial charge is 0.311 e. The van der Waals surface area contributed by atoms with E-state index in [1.807, 2.05) is 13.8 Å². The number of nitrogens with zero attached hydrogens (tertiary/aromatic N) is 2. The standard InChI is InChI=1S/C16H22N2O5/c1-11(2)22-16-10-13(4-5-15(16)18(20)21)17-8-6-14(7-9-17)23-12(3)19/h4-5,10-11,14H,6-9H2,1-3H3. The summed E-state index contributed by atoms with van der Waals surface area (Å²) in [5.74, 6) is 0.0241. The fourth-order valence-corrected chi connectivity index (χ4v) is 2.67. The van der Waals surface area contributed by atoms with Crippen LogP contribution in [0.5, 0.6) is 5.75 Å². The van der Waals surface area contributed by atoms with Crippen molar-refractivity contribution in [1.82, 2.24) is 0 Å². The fraction of sp³-hybridized carbons (Fsp3) is 0.562. The van der Waals surface area contributed by atoms with Crippen molar-refractivity contribution < 1.29 is 19.2 Å². The van der Waals surface area contributed by atoms with Crippen LogP contribution in [0.15, 0.2) is 18.2 Å². The van der Waals surface area contributed by atoms with E-state index in [1.165, 1.54) is 13.0 Å². The molecule has 0 atom stereocenters. The van der Waals surface area contributed by atoms with Crippen LogP contribution >= 0.6 is 0 Å². The summed E-state index contributed by atoms with van der Waals surface area (Å²) >= 11 is 0. The molecule has 7 nitrogen and oxygen atoms in total. The van der Waals surface area contributed by atoms with Crippen LogP contribution in [0.3, 0.4) is 0 Å². The number of rotatable bonds is 5. The number of piperidine rings is 1. The number of hydrogen-bond donors (Lipinski definition) is 0. The first-order valence-electron chi connectivity index (χ1n) is 7.74. The molecule has 0 bridgehead atoms. The highest BCUT2D eigenvalue weighted by atomic mass is 16.6. The molecule has 0 radical (unpaired) electrons. The highest BCUT2D eigenvalue weighted by Gasteiger charge is 2.24. The largest absolute Gasteiger partial charge is 0.484 e. The molecule has 7 heteroatoms. The van der Waals surface area contributed by atoms with Gasteiger partial charge in [-0.25, -0.2) is 0 Å². The molecule has 1 aromatic rings. The van der Waals surface area contributed by atoms with E-state index >= 15 is 0 Å². The van der Waals surface area contributed by atoms with E-state index in [0.29, 0.717) is 0 Å². The number of benzene rings is 1. The lowest BCUT2D eigenvalue weighted by molar-refractivity contribution is -0.386. The summed E-state index contributed by atoms with van der Waals surface area (Å²) in [6.45, 7) is 6.55. The monoisotopic (exact) mass is 322 g/mol. The Kier molecular flexibility index (Phi) is 5.41. The van der Waals surface area contributed by atoms with E-state index in [2.05, 4.69) is 4.90 Å². The van der Waals surface area contributed by atoms with Gasteiger partial charge in [0.25, 0.3) is 0 Å². The number of carbonyl (C=O) groups excluding carboxylic acids is 1. The molecule has 1 heterocycles. The number of esters is 1. The molecule has 126 valence electrons. The molecule has 0 N–H and O–H groups in total. The van der Waals surface area contributed by atoms with Gasteiger partial charge in [-0.15, -0.1) is 0 Å². The van der Waals surface area contributed by atoms with Crippen LogP contribution in [0.4, 0.5) is 11.4 Å². The molecular weight excluding hydrogens is 300 g/mol. The van der Waals surface area contributed by atoms with Crippen LogP contribution in [0, 0.1) is 10.1 Å². The van der Waals surface area contributed by atoms with Crippen LogP contribution in [0.1, 0.15) is 33.6 Å². The van der Waals surface area contributed by atoms with Gasteiger partial charge in [-0.1, -0.05) is 0 Å². The number of nitro groups is 1. The molecule has 0 aromatic heterocycles. The summed E-state index contributed by atoms with van der Waals surface area (Å²) in [5.41, 5.74) is 0.852. The van der Waals surface area contributed by atoms with Crippen LogP contribution in [-0.4, -0.2) is 36.2 Å². The highest BCUT2D eigenvalue weighted by Crippen LogP contribution is 2.33. The van der Waals surface area contributed by atoms with Crippen LogP contribution < -0.4 is 9.64 Å². The van der Waals surface area contributed by atoms with E-state index in [-0.39, 0.29) is 29.6 Å². The molecule has 0 amide bonds. The molecule has 0 unspecified atom stereocenters. The van der Waals surface area contributed by atoms with Gasteiger partial charge in [-0.3, -0.25) is 14.9 Å². The van der Waals surface area contributed by atoms with Crippen molar-refractivity contribution in [3.05, 3.63) is 28.3 Å². The first-order valence-corrected chi connectivity index (χ1v) is 7.74. The van der Waals surface area contributed by atoms with Gasteiger partial charge in [-0.2, -0.15) is 0 Å². The maximum absolute atomic E-state index is 11.1. The Bertz CT molecular complexity index is 580. The van der Waals surface area contributed by atoms with Gasteiger partial charge in [0.15, 0.2) is 5.75 Å². The Morgan fingerprint density at radius 1 is 1.35 bits per heavy atom. The van der Waals surface area contributed by atoms with Gasteiger partial charge in [0.1, 0.15) is 6.10 Å². The zero-order valence-corrected chi connectivity index (χ0v) is 13.7. The zero-order chi connectivity index (χ0) is 17.0. The molecule has 2 rings (SSSR count). The van der Waals surface area contributed by atoms with Gasteiger partial charge < -0.3 is 14.4 Å². The van der Waals surface area contributed by atoms with E-state index in [1.54, 1.807) is 12.1 Å². The maximum atomic E-state index is 11.1. The van der Waals surface area contributed by atoms with Crippen LogP contribution in [0.25, 0.3) is 0 Å². The number of hydrogen-bond acceptors (Lipinski definition) is 6. The molecule has 0 saturated carbocycles. The van der Waals surface area contributed by atoms with Crippen LogP contribution in [0.2, 0.25) is 0 Å². The van der Waals surface area contributed by atoms with Crippen molar-refractivity contribution in [2.24, 2.45) is 0 Å². The van der Waals surface area contributed by atoms with E-state index in [4.69, 9.17) is 9.47 Å². The lowest BCUT2D eigenvalue weighted by Gasteiger charge is -2.33. The van der Waals surface area contributed by atoms with Crippen molar-refractivity contribution in [3.63, 3.8) is 0 Å². The summed E-state index contributed by atoms with van der Waals surface area (Å²) in [6.07, 6.45) is 1.31. The molecule has 0 spiro atoms. The van der Waals surface area contributed by atoms with E-state index in [9.17, 15) is 14.9 Å². The van der Waals surface area contributed by atoms with Gasteiger partial charge >= 0.3 is 11.7 Å². The molecule has 1 fully saturated rings. The molecule has 1 saturated heterocycles. The third-order valence-corrected chi connectivity index (χ3v) is 3.64. The number of carbonyl (C=O) groups is 1. The summed E-state index contributed by atoms with van der Waals surface area (Å²) in [6, 6.07) is 4.92. The SMILES string of the molecule is CC(=O)OC1CCN(c2ccc([N+](=O)[O-])c(OC(C)C)c2)CC1. The van der Waals surface area contributed by atoms with Gasteiger partial charge in [0.2, 0.25) is 0 Å². The van der Waals surface area contributed by atoms with Crippen molar-refractivity contribution in [3.8, 4) is 5.75 Å². The fourth-order valence-electron chi connectivity index (χ4n) is 2.67. The summed E-state index contributed by atoms with van der Waals surface area (Å²) in [4.78, 5) is 23.8. The summed E-state index contributed by atoms with van der Waals surface area (Å²) in [5, 5.41) is 11.1. The van der Waals surface area contributed by atoms with Crippen molar-refractivity contribution in [1.29, 1.82) is 0 Å². The zero-order valence-electron chi connectivity index (χ0n) is 13.7. The minimum absolute atomic E-state index is 0.0303. The second-order valence-electron chi connectivity index (χ2n) is 5.87. The molecular formula is C16H22N2O5. The lowest BCUT2D eigenvalue weighted by atomic mass is 10.1. The number of ether oxygens (including phenoxy) is 2. The molecule has 1 aliphatic heterocycles. The van der Waals surface area contributed by atoms with E-state index in [0.717, 1.165) is 31.6 Å². The van der Waals surface area contributed by atoms with Gasteiger partial charge in [-0.05, 0) is 19.9 Å². The Morgan fingerprint density at radius 3 is 2.52 bits per heavy atom. The number of anilines is 1. The third-order valence-electron chi connectivity index (χ3n) is 3.64. The average Bonchev–Trinajstić information content (AvgIpc) is 2.46. The normalized spacial score (nSPS) is 15.6. The molecule has 0 aliphatic carbocycles.